The first-order chi connectivity index (χ1) is 13.4. The second kappa shape index (κ2) is 7.81. The van der Waals surface area contributed by atoms with Crippen LogP contribution in [0, 0.1) is 5.41 Å². The molecule has 1 saturated heterocycles. The Morgan fingerprint density at radius 2 is 1.61 bits per heavy atom. The van der Waals surface area contributed by atoms with E-state index < -0.39 is 6.36 Å². The Balaban J connectivity index is 1.33. The molecule has 0 atom stereocenters. The topological polar surface area (TPSA) is 38.2 Å². The highest BCUT2D eigenvalue weighted by Gasteiger charge is 2.37. The molecule has 2 aromatic rings. The van der Waals surface area contributed by atoms with Crippen molar-refractivity contribution in [3.63, 3.8) is 0 Å². The first-order valence-corrected chi connectivity index (χ1v) is 10.3. The minimum atomic E-state index is -4.68. The average molecular weight is 409 g/mol. The Morgan fingerprint density at radius 3 is 2.18 bits per heavy atom. The van der Waals surface area contributed by atoms with Gasteiger partial charge >= 0.3 is 6.36 Å². The summed E-state index contributed by atoms with van der Waals surface area (Å²) < 4.78 is 40.5. The van der Waals surface area contributed by atoms with Gasteiger partial charge in [-0.15, -0.1) is 13.2 Å². The van der Waals surface area contributed by atoms with Gasteiger partial charge in [0, 0.05) is 18.0 Å². The third-order valence-electron chi connectivity index (χ3n) is 5.71. The molecule has 0 unspecified atom stereocenters. The summed E-state index contributed by atoms with van der Waals surface area (Å²) in [5.41, 5.74) is 0.571. The lowest BCUT2D eigenvalue weighted by Crippen LogP contribution is -2.39. The van der Waals surface area contributed by atoms with E-state index in [0.717, 1.165) is 23.8 Å². The lowest BCUT2D eigenvalue weighted by molar-refractivity contribution is -0.274. The van der Waals surface area contributed by atoms with E-state index in [2.05, 4.69) is 19.6 Å². The highest BCUT2D eigenvalue weighted by molar-refractivity contribution is 7.99. The Morgan fingerprint density at radius 1 is 0.929 bits per heavy atom. The molecule has 2 fully saturated rings. The molecule has 0 radical (unpaired) electrons. The molecule has 150 valence electrons. The van der Waals surface area contributed by atoms with Crippen LogP contribution in [0.5, 0.6) is 5.75 Å². The zero-order valence-corrected chi connectivity index (χ0v) is 16.2. The molecule has 1 aromatic carbocycles. The summed E-state index contributed by atoms with van der Waals surface area (Å²) in [6.07, 6.45) is 6.78. The van der Waals surface area contributed by atoms with Crippen LogP contribution in [-0.2, 0) is 0 Å². The lowest BCUT2D eigenvalue weighted by Gasteiger charge is -2.39. The van der Waals surface area contributed by atoms with Gasteiger partial charge in [-0.25, -0.2) is 9.97 Å². The van der Waals surface area contributed by atoms with Crippen LogP contribution in [0.25, 0.3) is 0 Å². The van der Waals surface area contributed by atoms with E-state index in [1.165, 1.54) is 62.4 Å². The number of anilines is 1. The van der Waals surface area contributed by atoms with Crippen molar-refractivity contribution in [2.24, 2.45) is 5.41 Å². The van der Waals surface area contributed by atoms with Crippen LogP contribution in [0.15, 0.2) is 46.6 Å². The fourth-order valence-corrected chi connectivity index (χ4v) is 4.92. The van der Waals surface area contributed by atoms with Gasteiger partial charge in [-0.3, -0.25) is 0 Å². The molecule has 1 aliphatic carbocycles. The normalized spacial score (nSPS) is 19.2. The molecule has 0 amide bonds. The number of ether oxygens (including phenoxy) is 1. The van der Waals surface area contributed by atoms with Gasteiger partial charge < -0.3 is 9.64 Å². The molecule has 0 N–H and O–H groups in total. The number of halogens is 3. The largest absolute Gasteiger partial charge is 0.573 e. The third kappa shape index (κ3) is 4.71. The maximum absolute atomic E-state index is 12.2. The number of aromatic nitrogens is 2. The first kappa shape index (κ1) is 19.4. The molecule has 8 heteroatoms. The van der Waals surface area contributed by atoms with E-state index in [0.29, 0.717) is 10.4 Å². The molecular weight excluding hydrogens is 387 g/mol. The highest BCUT2D eigenvalue weighted by Crippen LogP contribution is 2.46. The summed E-state index contributed by atoms with van der Waals surface area (Å²) in [6.45, 7) is 2.06. The highest BCUT2D eigenvalue weighted by atomic mass is 32.2. The van der Waals surface area contributed by atoms with E-state index in [1.807, 2.05) is 0 Å². The van der Waals surface area contributed by atoms with Crippen LogP contribution >= 0.6 is 11.8 Å². The van der Waals surface area contributed by atoms with Crippen molar-refractivity contribution in [3.05, 3.63) is 36.7 Å². The van der Waals surface area contributed by atoms with Crippen LogP contribution < -0.4 is 9.64 Å². The third-order valence-corrected chi connectivity index (χ3v) is 6.63. The summed E-state index contributed by atoms with van der Waals surface area (Å²) in [6, 6.07) is 5.74. The van der Waals surface area contributed by atoms with Gasteiger partial charge in [-0.1, -0.05) is 24.6 Å². The number of nitrogens with zero attached hydrogens (tertiary/aromatic N) is 3. The Labute approximate surface area is 166 Å². The van der Waals surface area contributed by atoms with Gasteiger partial charge in [0.15, 0.2) is 0 Å². The number of piperidine rings is 1. The van der Waals surface area contributed by atoms with Crippen molar-refractivity contribution < 1.29 is 17.9 Å². The molecule has 1 saturated carbocycles. The quantitative estimate of drug-likeness (QED) is 0.649. The van der Waals surface area contributed by atoms with Crippen molar-refractivity contribution in [2.45, 2.75) is 54.8 Å². The Hall–Kier alpha value is -1.96. The molecule has 0 bridgehead atoms. The van der Waals surface area contributed by atoms with Crippen LogP contribution in [-0.4, -0.2) is 29.4 Å². The number of alkyl halides is 3. The molecule has 1 spiro atoms. The van der Waals surface area contributed by atoms with Crippen molar-refractivity contribution in [1.29, 1.82) is 0 Å². The van der Waals surface area contributed by atoms with E-state index in [1.54, 1.807) is 24.5 Å². The zero-order chi connectivity index (χ0) is 19.6. The molecule has 2 heterocycles. The summed E-state index contributed by atoms with van der Waals surface area (Å²) in [7, 11) is 0. The predicted molar refractivity (Wildman–Crippen MR) is 102 cm³/mol. The molecule has 4 rings (SSSR count). The SMILES string of the molecule is FC(F)(F)Oc1ccc(Sc2cnc(N3CCC4(CCCC4)CC3)cn2)cc1. The van der Waals surface area contributed by atoms with E-state index in [9.17, 15) is 13.2 Å². The van der Waals surface area contributed by atoms with Crippen molar-refractivity contribution in [2.75, 3.05) is 18.0 Å². The number of rotatable bonds is 4. The Bertz CT molecular complexity index is 780. The van der Waals surface area contributed by atoms with Gasteiger partial charge in [-0.2, -0.15) is 0 Å². The minimum absolute atomic E-state index is 0.233. The van der Waals surface area contributed by atoms with Crippen LogP contribution in [0.1, 0.15) is 38.5 Å². The second-order valence-electron chi connectivity index (χ2n) is 7.53. The van der Waals surface area contributed by atoms with Gasteiger partial charge in [0.1, 0.15) is 16.6 Å². The maximum Gasteiger partial charge on any atom is 0.573 e. The smallest absolute Gasteiger partial charge is 0.406 e. The van der Waals surface area contributed by atoms with Gasteiger partial charge in [0.2, 0.25) is 0 Å². The molecule has 2 aliphatic rings. The zero-order valence-electron chi connectivity index (χ0n) is 15.4. The van der Waals surface area contributed by atoms with Crippen molar-refractivity contribution in [3.8, 4) is 5.75 Å². The van der Waals surface area contributed by atoms with Gasteiger partial charge in [0.05, 0.1) is 12.4 Å². The van der Waals surface area contributed by atoms with Crippen LogP contribution in [0.3, 0.4) is 0 Å². The van der Waals surface area contributed by atoms with Gasteiger partial charge in [-0.05, 0) is 55.4 Å². The summed E-state index contributed by atoms with van der Waals surface area (Å²) in [5, 5.41) is 0.706. The predicted octanol–water partition coefficient (Wildman–Crippen LogP) is 5.69. The lowest BCUT2D eigenvalue weighted by atomic mass is 9.77. The summed E-state index contributed by atoms with van der Waals surface area (Å²) in [5.74, 6) is 0.662. The average Bonchev–Trinajstić information content (AvgIpc) is 3.12. The molecule has 4 nitrogen and oxygen atoms in total. The van der Waals surface area contributed by atoms with E-state index in [-0.39, 0.29) is 5.75 Å². The van der Waals surface area contributed by atoms with E-state index >= 15 is 0 Å². The molecular formula is C20H22F3N3OS. The molecule has 28 heavy (non-hydrogen) atoms. The molecule has 1 aliphatic heterocycles. The van der Waals surface area contributed by atoms with Crippen LogP contribution in [0.2, 0.25) is 0 Å². The second-order valence-corrected chi connectivity index (χ2v) is 8.62. The standard InChI is InChI=1S/C20H22F3N3OS/c21-20(22,23)27-15-3-5-16(6-4-15)28-18-14-24-17(13-25-18)26-11-9-19(10-12-26)7-1-2-8-19/h3-6,13-14H,1-2,7-12H2. The minimum Gasteiger partial charge on any atom is -0.406 e. The van der Waals surface area contributed by atoms with E-state index in [4.69, 9.17) is 0 Å². The summed E-state index contributed by atoms with van der Waals surface area (Å²) >= 11 is 1.36. The molecule has 1 aromatic heterocycles. The van der Waals surface area contributed by atoms with Gasteiger partial charge in [0.25, 0.3) is 0 Å². The number of hydrogen-bond donors (Lipinski definition) is 0. The van der Waals surface area contributed by atoms with Crippen LogP contribution in [0.4, 0.5) is 19.0 Å². The van der Waals surface area contributed by atoms with Crippen molar-refractivity contribution in [1.82, 2.24) is 9.97 Å². The maximum atomic E-state index is 12.2. The summed E-state index contributed by atoms with van der Waals surface area (Å²) in [4.78, 5) is 12.1. The first-order valence-electron chi connectivity index (χ1n) is 9.52. The monoisotopic (exact) mass is 409 g/mol. The number of benzene rings is 1. The van der Waals surface area contributed by atoms with Crippen molar-refractivity contribution >= 4 is 17.6 Å². The number of hydrogen-bond acceptors (Lipinski definition) is 5. The fourth-order valence-electron chi connectivity index (χ4n) is 4.19. The fraction of sp³-hybridized carbons (Fsp3) is 0.500. The Kier molecular flexibility index (Phi) is 5.40.